The highest BCUT2D eigenvalue weighted by Crippen LogP contribution is 2.17. The molecule has 0 amide bonds. The molecule has 0 aliphatic heterocycles. The van der Waals surface area contributed by atoms with Crippen LogP contribution in [0, 0.1) is 15.9 Å². The number of nitro benzene ring substituents is 1. The number of nitro groups is 1. The maximum atomic E-state index is 13.2. The van der Waals surface area contributed by atoms with E-state index in [-0.39, 0.29) is 12.3 Å². The lowest BCUT2D eigenvalue weighted by molar-refractivity contribution is -0.385. The van der Waals surface area contributed by atoms with Crippen LogP contribution in [0.25, 0.3) is 0 Å². The van der Waals surface area contributed by atoms with E-state index in [0.29, 0.717) is 25.1 Å². The maximum absolute atomic E-state index is 13.2. The van der Waals surface area contributed by atoms with Crippen LogP contribution in [-0.2, 0) is 6.54 Å². The molecule has 0 heterocycles. The number of rotatable bonds is 7. The van der Waals surface area contributed by atoms with Crippen LogP contribution in [0.3, 0.4) is 0 Å². The molecule has 1 N–H and O–H groups in total. The van der Waals surface area contributed by atoms with Crippen LogP contribution in [0.15, 0.2) is 18.2 Å². The summed E-state index contributed by atoms with van der Waals surface area (Å²) in [6, 6.07) is 3.59. The quantitative estimate of drug-likeness (QED) is 0.598. The fourth-order valence-electron chi connectivity index (χ4n) is 1.73. The number of benzene rings is 1. The molecule has 0 aliphatic carbocycles. The molecular weight excluding hydrogens is 239 g/mol. The first-order chi connectivity index (χ1) is 8.56. The van der Waals surface area contributed by atoms with Gasteiger partial charge in [0.1, 0.15) is 5.82 Å². The van der Waals surface area contributed by atoms with Crippen molar-refractivity contribution in [3.63, 3.8) is 0 Å². The first-order valence-electron chi connectivity index (χ1n) is 5.84. The van der Waals surface area contributed by atoms with Gasteiger partial charge in [0.2, 0.25) is 0 Å². The summed E-state index contributed by atoms with van der Waals surface area (Å²) < 4.78 is 13.2. The zero-order valence-corrected chi connectivity index (χ0v) is 10.3. The van der Waals surface area contributed by atoms with Crippen molar-refractivity contribution >= 4 is 5.69 Å². The van der Waals surface area contributed by atoms with Crippen molar-refractivity contribution in [1.82, 2.24) is 4.90 Å². The van der Waals surface area contributed by atoms with Gasteiger partial charge in [0.25, 0.3) is 5.69 Å². The molecule has 0 fully saturated rings. The van der Waals surface area contributed by atoms with E-state index in [4.69, 9.17) is 5.11 Å². The normalized spacial score (nSPS) is 10.9. The fraction of sp³-hybridized carbons (Fsp3) is 0.500. The number of hydrogen-bond donors (Lipinski definition) is 1. The molecule has 1 aromatic carbocycles. The first-order valence-corrected chi connectivity index (χ1v) is 5.84. The first kappa shape index (κ1) is 14.5. The second-order valence-corrected chi connectivity index (χ2v) is 4.02. The summed E-state index contributed by atoms with van der Waals surface area (Å²) in [5.74, 6) is -0.600. The van der Waals surface area contributed by atoms with Crippen molar-refractivity contribution in [2.75, 3.05) is 19.7 Å². The van der Waals surface area contributed by atoms with Gasteiger partial charge in [-0.2, -0.15) is 0 Å². The van der Waals surface area contributed by atoms with Gasteiger partial charge < -0.3 is 5.11 Å². The van der Waals surface area contributed by atoms with Crippen LogP contribution in [-0.4, -0.2) is 34.6 Å². The van der Waals surface area contributed by atoms with Crippen molar-refractivity contribution in [2.45, 2.75) is 19.9 Å². The molecule has 6 heteroatoms. The van der Waals surface area contributed by atoms with Gasteiger partial charge in [-0.3, -0.25) is 15.0 Å². The largest absolute Gasteiger partial charge is 0.396 e. The Morgan fingerprint density at radius 2 is 2.17 bits per heavy atom. The Bertz CT molecular complexity index is 412. The van der Waals surface area contributed by atoms with Crippen molar-refractivity contribution in [2.24, 2.45) is 0 Å². The molecule has 0 unspecified atom stereocenters. The van der Waals surface area contributed by atoms with Crippen molar-refractivity contribution in [1.29, 1.82) is 0 Å². The molecule has 0 aromatic heterocycles. The lowest BCUT2D eigenvalue weighted by Crippen LogP contribution is -2.24. The molecule has 18 heavy (non-hydrogen) atoms. The third kappa shape index (κ3) is 4.38. The lowest BCUT2D eigenvalue weighted by Gasteiger charge is -2.19. The van der Waals surface area contributed by atoms with Crippen LogP contribution >= 0.6 is 0 Å². The Balaban J connectivity index is 2.79. The molecule has 0 saturated heterocycles. The predicted octanol–water partition coefficient (Wildman–Crippen LogP) is 1.94. The second-order valence-electron chi connectivity index (χ2n) is 4.02. The SMILES string of the molecule is CCN(CCCO)Cc1cc(F)cc([N+](=O)[O-])c1. The van der Waals surface area contributed by atoms with Crippen molar-refractivity contribution in [3.05, 3.63) is 39.7 Å². The smallest absolute Gasteiger partial charge is 0.272 e. The van der Waals surface area contributed by atoms with E-state index in [2.05, 4.69) is 0 Å². The standard InChI is InChI=1S/C12H17FN2O3/c1-2-14(4-3-5-16)9-10-6-11(13)8-12(7-10)15(17)18/h6-8,16H,2-5,9H2,1H3. The minimum Gasteiger partial charge on any atom is -0.396 e. The van der Waals surface area contributed by atoms with Crippen LogP contribution in [0.5, 0.6) is 0 Å². The summed E-state index contributed by atoms with van der Waals surface area (Å²) in [6.07, 6.45) is 0.630. The summed E-state index contributed by atoms with van der Waals surface area (Å²) in [6.45, 7) is 3.90. The zero-order chi connectivity index (χ0) is 13.5. The van der Waals surface area contributed by atoms with E-state index in [1.165, 1.54) is 12.1 Å². The lowest BCUT2D eigenvalue weighted by atomic mass is 10.1. The Kier molecular flexibility index (Phi) is 5.67. The van der Waals surface area contributed by atoms with Crippen LogP contribution in [0.1, 0.15) is 18.9 Å². The molecule has 0 atom stereocenters. The highest BCUT2D eigenvalue weighted by molar-refractivity contribution is 5.35. The number of aliphatic hydroxyl groups excluding tert-OH is 1. The molecule has 0 aliphatic rings. The third-order valence-electron chi connectivity index (χ3n) is 2.64. The van der Waals surface area contributed by atoms with E-state index in [1.807, 2.05) is 11.8 Å². The highest BCUT2D eigenvalue weighted by atomic mass is 19.1. The second kappa shape index (κ2) is 7.03. The van der Waals surface area contributed by atoms with Gasteiger partial charge in [-0.15, -0.1) is 0 Å². The van der Waals surface area contributed by atoms with E-state index in [9.17, 15) is 14.5 Å². The monoisotopic (exact) mass is 256 g/mol. The van der Waals surface area contributed by atoms with Crippen molar-refractivity contribution in [3.8, 4) is 0 Å². The van der Waals surface area contributed by atoms with Gasteiger partial charge in [0.05, 0.1) is 11.0 Å². The molecule has 5 nitrogen and oxygen atoms in total. The van der Waals surface area contributed by atoms with Gasteiger partial charge in [-0.05, 0) is 24.6 Å². The summed E-state index contributed by atoms with van der Waals surface area (Å²) in [4.78, 5) is 12.0. The topological polar surface area (TPSA) is 66.6 Å². The van der Waals surface area contributed by atoms with Crippen LogP contribution in [0.4, 0.5) is 10.1 Å². The van der Waals surface area contributed by atoms with Crippen LogP contribution < -0.4 is 0 Å². The number of halogens is 1. The van der Waals surface area contributed by atoms with E-state index in [1.54, 1.807) is 0 Å². The highest BCUT2D eigenvalue weighted by Gasteiger charge is 2.11. The Morgan fingerprint density at radius 1 is 1.44 bits per heavy atom. The van der Waals surface area contributed by atoms with Crippen LogP contribution in [0.2, 0.25) is 0 Å². The van der Waals surface area contributed by atoms with Gasteiger partial charge in [0, 0.05) is 25.8 Å². The summed E-state index contributed by atoms with van der Waals surface area (Å²) in [5, 5.41) is 19.4. The number of aliphatic hydroxyl groups is 1. The maximum Gasteiger partial charge on any atom is 0.272 e. The number of nitrogens with zero attached hydrogens (tertiary/aromatic N) is 2. The molecule has 1 aromatic rings. The predicted molar refractivity (Wildman–Crippen MR) is 65.7 cm³/mol. The van der Waals surface area contributed by atoms with E-state index in [0.717, 1.165) is 12.6 Å². The van der Waals surface area contributed by atoms with Crippen molar-refractivity contribution < 1.29 is 14.4 Å². The molecule has 1 rings (SSSR count). The van der Waals surface area contributed by atoms with E-state index >= 15 is 0 Å². The summed E-state index contributed by atoms with van der Waals surface area (Å²) >= 11 is 0. The van der Waals surface area contributed by atoms with Gasteiger partial charge >= 0.3 is 0 Å². The average molecular weight is 256 g/mol. The Labute approximate surface area is 105 Å². The van der Waals surface area contributed by atoms with Gasteiger partial charge in [-0.25, -0.2) is 4.39 Å². The fourth-order valence-corrected chi connectivity index (χ4v) is 1.73. The summed E-state index contributed by atoms with van der Waals surface area (Å²) in [7, 11) is 0. The zero-order valence-electron chi connectivity index (χ0n) is 10.3. The minimum absolute atomic E-state index is 0.0970. The minimum atomic E-state index is -0.601. The van der Waals surface area contributed by atoms with E-state index < -0.39 is 10.7 Å². The Hall–Kier alpha value is -1.53. The summed E-state index contributed by atoms with van der Waals surface area (Å²) in [5.41, 5.74) is 0.338. The average Bonchev–Trinajstić information content (AvgIpc) is 2.33. The Morgan fingerprint density at radius 3 is 2.72 bits per heavy atom. The molecule has 0 saturated carbocycles. The molecule has 0 radical (unpaired) electrons. The van der Waals surface area contributed by atoms with Gasteiger partial charge in [-0.1, -0.05) is 6.92 Å². The number of hydrogen-bond acceptors (Lipinski definition) is 4. The molecule has 0 bridgehead atoms. The third-order valence-corrected chi connectivity index (χ3v) is 2.64. The molecule has 0 spiro atoms. The molecular formula is C12H17FN2O3. The number of non-ortho nitro benzene ring substituents is 1. The van der Waals surface area contributed by atoms with Gasteiger partial charge in [0.15, 0.2) is 0 Å². The molecule has 100 valence electrons.